The van der Waals surface area contributed by atoms with Gasteiger partial charge in [-0.15, -0.1) is 10.2 Å². The number of halogens is 1. The topological polar surface area (TPSA) is 125 Å². The number of hydrogen-bond donors (Lipinski definition) is 1. The lowest BCUT2D eigenvalue weighted by atomic mass is 9.95. The van der Waals surface area contributed by atoms with Crippen molar-refractivity contribution in [1.82, 2.24) is 25.5 Å². The largest absolute Gasteiger partial charge is 0.486 e. The summed E-state index contributed by atoms with van der Waals surface area (Å²) in [5.74, 6) is -0.0552. The molecule has 0 unspecified atom stereocenters. The number of tetrazole rings is 1. The number of carbonyl (C=O) groups excluding carboxylic acids is 2. The molecule has 1 aliphatic heterocycles. The third-order valence-corrected chi connectivity index (χ3v) is 7.19. The van der Waals surface area contributed by atoms with Gasteiger partial charge in [-0.1, -0.05) is 31.4 Å². The van der Waals surface area contributed by atoms with Crippen LogP contribution < -0.4 is 19.7 Å². The number of ether oxygens (including phenoxy) is 2. The summed E-state index contributed by atoms with van der Waals surface area (Å²) >= 11 is 0. The summed E-state index contributed by atoms with van der Waals surface area (Å²) in [4.78, 5) is 30.4. The van der Waals surface area contributed by atoms with E-state index in [1.165, 1.54) is 23.3 Å². The second-order valence-corrected chi connectivity index (χ2v) is 9.98. The smallest absolute Gasteiger partial charge is 0.251 e. The van der Waals surface area contributed by atoms with E-state index < -0.39 is 17.8 Å². The van der Waals surface area contributed by atoms with Crippen LogP contribution in [0.15, 0.2) is 65.3 Å². The molecule has 11 nitrogen and oxygen atoms in total. The molecule has 2 aromatic carbocycles. The fourth-order valence-corrected chi connectivity index (χ4v) is 5.22. The first-order valence-corrected chi connectivity index (χ1v) is 13.6. The molecule has 0 bridgehead atoms. The third-order valence-electron chi connectivity index (χ3n) is 7.19. The molecule has 1 fully saturated rings. The first-order valence-electron chi connectivity index (χ1n) is 13.6. The van der Waals surface area contributed by atoms with Crippen molar-refractivity contribution in [3.05, 3.63) is 72.4 Å². The fourth-order valence-electron chi connectivity index (χ4n) is 5.22. The Labute approximate surface area is 235 Å². The van der Waals surface area contributed by atoms with Crippen LogP contribution in [-0.4, -0.2) is 51.3 Å². The van der Waals surface area contributed by atoms with Crippen LogP contribution >= 0.6 is 0 Å². The highest BCUT2D eigenvalue weighted by Gasteiger charge is 2.37. The van der Waals surface area contributed by atoms with Crippen molar-refractivity contribution in [1.29, 1.82) is 0 Å². The minimum Gasteiger partial charge on any atom is -0.486 e. The van der Waals surface area contributed by atoms with Gasteiger partial charge in [0.25, 0.3) is 11.8 Å². The quantitative estimate of drug-likeness (QED) is 0.342. The van der Waals surface area contributed by atoms with Gasteiger partial charge in [-0.3, -0.25) is 14.5 Å². The van der Waals surface area contributed by atoms with E-state index in [0.717, 1.165) is 36.9 Å². The van der Waals surface area contributed by atoms with Crippen LogP contribution in [0.3, 0.4) is 0 Å². The van der Waals surface area contributed by atoms with Gasteiger partial charge in [0.15, 0.2) is 17.5 Å². The van der Waals surface area contributed by atoms with E-state index in [4.69, 9.17) is 13.9 Å². The molecular formula is C29H29FN6O5. The molecular weight excluding hydrogens is 531 g/mol. The normalized spacial score (nSPS) is 15.7. The van der Waals surface area contributed by atoms with Crippen molar-refractivity contribution in [2.45, 2.75) is 50.7 Å². The van der Waals surface area contributed by atoms with E-state index >= 15 is 0 Å². The molecule has 41 heavy (non-hydrogen) atoms. The van der Waals surface area contributed by atoms with Gasteiger partial charge in [0.05, 0.1) is 11.8 Å². The third kappa shape index (κ3) is 5.76. The van der Waals surface area contributed by atoms with Crippen LogP contribution in [0.25, 0.3) is 11.4 Å². The molecule has 212 valence electrons. The molecule has 0 radical (unpaired) electrons. The predicted octanol–water partition coefficient (Wildman–Crippen LogP) is 4.07. The minimum atomic E-state index is -1.13. The average Bonchev–Trinajstić information content (AvgIpc) is 3.69. The summed E-state index contributed by atoms with van der Waals surface area (Å²) < 4.78 is 31.4. The van der Waals surface area contributed by atoms with Gasteiger partial charge in [-0.2, -0.15) is 4.80 Å². The molecule has 4 aromatic rings. The van der Waals surface area contributed by atoms with E-state index in [1.807, 2.05) is 0 Å². The minimum absolute atomic E-state index is 0.00578. The number of carbonyl (C=O) groups is 2. The molecule has 2 amide bonds. The number of nitrogens with zero attached hydrogens (tertiary/aromatic N) is 5. The van der Waals surface area contributed by atoms with Crippen molar-refractivity contribution < 1.29 is 27.9 Å². The summed E-state index contributed by atoms with van der Waals surface area (Å²) in [5.41, 5.74) is 0.559. The average molecular weight is 561 g/mol. The van der Waals surface area contributed by atoms with Crippen molar-refractivity contribution in [3.63, 3.8) is 0 Å². The number of amides is 2. The van der Waals surface area contributed by atoms with E-state index in [9.17, 15) is 14.0 Å². The molecule has 12 heteroatoms. The van der Waals surface area contributed by atoms with Crippen LogP contribution in [0.2, 0.25) is 0 Å². The number of rotatable bonds is 8. The van der Waals surface area contributed by atoms with Crippen LogP contribution in [0.5, 0.6) is 11.5 Å². The zero-order chi connectivity index (χ0) is 28.2. The van der Waals surface area contributed by atoms with Crippen LogP contribution in [0, 0.1) is 5.82 Å². The molecule has 6 rings (SSSR count). The molecule has 3 heterocycles. The zero-order valence-corrected chi connectivity index (χ0v) is 22.2. The predicted molar refractivity (Wildman–Crippen MR) is 145 cm³/mol. The Morgan fingerprint density at radius 3 is 2.61 bits per heavy atom. The lowest BCUT2D eigenvalue weighted by Gasteiger charge is -2.32. The van der Waals surface area contributed by atoms with Crippen LogP contribution in [0.4, 0.5) is 10.1 Å². The second-order valence-electron chi connectivity index (χ2n) is 9.98. The molecule has 2 aliphatic rings. The number of furan rings is 1. The Bertz CT molecular complexity index is 1520. The SMILES string of the molecule is O=C(NC1CCCCC1)[C@@H](c1ccco1)N(C(=O)Cn1nnc(-c2ccccc2F)n1)c1ccc2c(c1)OCCO2. The maximum atomic E-state index is 14.3. The number of hydrogen-bond acceptors (Lipinski definition) is 8. The second kappa shape index (κ2) is 11.8. The first kappa shape index (κ1) is 26.5. The standard InChI is InChI=1S/C29H29FN6O5/c30-22-10-5-4-9-21(22)28-32-34-35(33-28)18-26(37)36(20-12-13-23-25(17-20)41-16-15-40-23)27(24-11-6-14-39-24)29(38)31-19-7-2-1-3-8-19/h4-6,9-14,17,19,27H,1-3,7-8,15-16,18H2,(H,31,38)/t27-/m1/s1. The van der Waals surface area contributed by atoms with Crippen LogP contribution in [0.1, 0.15) is 43.9 Å². The van der Waals surface area contributed by atoms with Gasteiger partial charge in [-0.05, 0) is 54.5 Å². The Balaban J connectivity index is 1.35. The van der Waals surface area contributed by atoms with Gasteiger partial charge in [0, 0.05) is 17.8 Å². The van der Waals surface area contributed by atoms with E-state index in [0.29, 0.717) is 36.2 Å². The monoisotopic (exact) mass is 560 g/mol. The molecule has 1 N–H and O–H groups in total. The molecule has 0 saturated heterocycles. The van der Waals surface area contributed by atoms with E-state index in [1.54, 1.807) is 42.5 Å². The highest BCUT2D eigenvalue weighted by Crippen LogP contribution is 2.37. The Hall–Kier alpha value is -4.74. The maximum Gasteiger partial charge on any atom is 0.251 e. The summed E-state index contributed by atoms with van der Waals surface area (Å²) in [6.45, 7) is 0.399. The number of nitrogens with one attached hydrogen (secondary N) is 1. The van der Waals surface area contributed by atoms with Gasteiger partial charge in [-0.25, -0.2) is 4.39 Å². The van der Waals surface area contributed by atoms with Crippen LogP contribution in [-0.2, 0) is 16.1 Å². The van der Waals surface area contributed by atoms with Crippen molar-refractivity contribution in [3.8, 4) is 22.9 Å². The Morgan fingerprint density at radius 2 is 1.83 bits per heavy atom. The van der Waals surface area contributed by atoms with Gasteiger partial charge in [0.2, 0.25) is 5.82 Å². The Kier molecular flexibility index (Phi) is 7.61. The highest BCUT2D eigenvalue weighted by atomic mass is 19.1. The summed E-state index contributed by atoms with van der Waals surface area (Å²) in [7, 11) is 0. The molecule has 1 saturated carbocycles. The van der Waals surface area contributed by atoms with E-state index in [2.05, 4.69) is 20.7 Å². The number of anilines is 1. The van der Waals surface area contributed by atoms with E-state index in [-0.39, 0.29) is 29.9 Å². The van der Waals surface area contributed by atoms with Gasteiger partial charge < -0.3 is 19.2 Å². The highest BCUT2D eigenvalue weighted by molar-refractivity contribution is 6.01. The molecule has 1 atom stereocenters. The van der Waals surface area contributed by atoms with Gasteiger partial charge >= 0.3 is 0 Å². The Morgan fingerprint density at radius 1 is 1.02 bits per heavy atom. The fraction of sp³-hybridized carbons (Fsp3) is 0.345. The van der Waals surface area contributed by atoms with Gasteiger partial charge in [0.1, 0.15) is 31.3 Å². The number of aromatic nitrogens is 4. The number of benzene rings is 2. The maximum absolute atomic E-state index is 14.3. The van der Waals surface area contributed by atoms with Crippen molar-refractivity contribution in [2.75, 3.05) is 18.1 Å². The lowest BCUT2D eigenvalue weighted by molar-refractivity contribution is -0.128. The first-order chi connectivity index (χ1) is 20.1. The summed E-state index contributed by atoms with van der Waals surface area (Å²) in [6, 6.07) is 13.3. The lowest BCUT2D eigenvalue weighted by Crippen LogP contribution is -2.48. The van der Waals surface area contributed by atoms with Crippen molar-refractivity contribution >= 4 is 17.5 Å². The summed E-state index contributed by atoms with van der Waals surface area (Å²) in [5, 5.41) is 15.3. The number of fused-ring (bicyclic) bond motifs is 1. The molecule has 0 spiro atoms. The zero-order valence-electron chi connectivity index (χ0n) is 22.2. The molecule has 2 aromatic heterocycles. The molecule has 1 aliphatic carbocycles. The summed E-state index contributed by atoms with van der Waals surface area (Å²) in [6.07, 6.45) is 6.40. The van der Waals surface area contributed by atoms with Crippen molar-refractivity contribution in [2.24, 2.45) is 0 Å².